The molecule has 3 aliphatic carbocycles. The van der Waals surface area contributed by atoms with E-state index >= 15 is 0 Å². The number of nitro benzene ring substituents is 2. The fourth-order valence-electron chi connectivity index (χ4n) is 4.42. The predicted octanol–water partition coefficient (Wildman–Crippen LogP) is 4.49. The Bertz CT molecular complexity index is 1030. The van der Waals surface area contributed by atoms with E-state index in [-0.39, 0.29) is 33.1 Å². The highest BCUT2D eigenvalue weighted by Gasteiger charge is 2.42. The molecule has 0 aliphatic heterocycles. The zero-order valence-corrected chi connectivity index (χ0v) is 13.5. The molecule has 0 heterocycles. The number of hydrogen-bond acceptors (Lipinski definition) is 4. The second-order valence-electron chi connectivity index (χ2n) is 6.64. The fourth-order valence-corrected chi connectivity index (χ4v) is 4.42. The van der Waals surface area contributed by atoms with Gasteiger partial charge in [-0.25, -0.2) is 0 Å². The summed E-state index contributed by atoms with van der Waals surface area (Å²) in [5.41, 5.74) is 6.20. The Labute approximate surface area is 148 Å². The maximum Gasteiger partial charge on any atom is 0.269 e. The van der Waals surface area contributed by atoms with Gasteiger partial charge in [-0.1, -0.05) is 36.4 Å². The molecule has 0 fully saturated rings. The topological polar surface area (TPSA) is 86.3 Å². The highest BCUT2D eigenvalue weighted by atomic mass is 16.6. The normalized spacial score (nSPS) is 18.6. The number of nitro groups is 2. The van der Waals surface area contributed by atoms with Crippen LogP contribution < -0.4 is 0 Å². The van der Waals surface area contributed by atoms with E-state index in [9.17, 15) is 20.2 Å². The van der Waals surface area contributed by atoms with Gasteiger partial charge in [0, 0.05) is 36.1 Å². The van der Waals surface area contributed by atoms with E-state index in [1.54, 1.807) is 24.3 Å². The van der Waals surface area contributed by atoms with Crippen LogP contribution >= 0.6 is 0 Å². The van der Waals surface area contributed by atoms with Crippen LogP contribution in [0.4, 0.5) is 11.4 Å². The first-order chi connectivity index (χ1) is 12.6. The van der Waals surface area contributed by atoms with Crippen LogP contribution in [0.15, 0.2) is 60.7 Å². The van der Waals surface area contributed by atoms with Gasteiger partial charge in [0.05, 0.1) is 9.85 Å². The van der Waals surface area contributed by atoms with Crippen molar-refractivity contribution in [3.63, 3.8) is 0 Å². The van der Waals surface area contributed by atoms with E-state index in [1.165, 1.54) is 12.1 Å². The van der Waals surface area contributed by atoms with Gasteiger partial charge < -0.3 is 0 Å². The molecule has 0 aromatic heterocycles. The van der Waals surface area contributed by atoms with E-state index in [0.717, 1.165) is 33.4 Å². The van der Waals surface area contributed by atoms with Crippen LogP contribution in [0.25, 0.3) is 0 Å². The molecule has 126 valence electrons. The number of nitrogens with zero attached hydrogens (tertiary/aromatic N) is 2. The summed E-state index contributed by atoms with van der Waals surface area (Å²) in [6.45, 7) is 0. The van der Waals surface area contributed by atoms with E-state index in [0.29, 0.717) is 0 Å². The highest BCUT2D eigenvalue weighted by molar-refractivity contribution is 5.70. The van der Waals surface area contributed by atoms with Crippen LogP contribution in [0.1, 0.15) is 45.2 Å². The van der Waals surface area contributed by atoms with Crippen molar-refractivity contribution in [2.75, 3.05) is 0 Å². The molecule has 2 unspecified atom stereocenters. The molecule has 0 radical (unpaired) electrons. The van der Waals surface area contributed by atoms with Gasteiger partial charge in [0.2, 0.25) is 0 Å². The molecule has 6 nitrogen and oxygen atoms in total. The smallest absolute Gasteiger partial charge is 0.258 e. The quantitative estimate of drug-likeness (QED) is 0.349. The Hall–Kier alpha value is -3.54. The van der Waals surface area contributed by atoms with E-state index in [4.69, 9.17) is 0 Å². The lowest BCUT2D eigenvalue weighted by Gasteiger charge is -2.41. The minimum absolute atomic E-state index is 0.0669. The molecule has 0 saturated heterocycles. The van der Waals surface area contributed by atoms with Crippen LogP contribution in [0.3, 0.4) is 0 Å². The van der Waals surface area contributed by atoms with Crippen LogP contribution in [0, 0.1) is 20.2 Å². The van der Waals surface area contributed by atoms with Gasteiger partial charge in [-0.15, -0.1) is 0 Å². The summed E-state index contributed by atoms with van der Waals surface area (Å²) in [5, 5.41) is 22.5. The molecule has 0 amide bonds. The first-order valence-electron chi connectivity index (χ1n) is 8.21. The largest absolute Gasteiger partial charge is 0.269 e. The molecule has 26 heavy (non-hydrogen) atoms. The summed E-state index contributed by atoms with van der Waals surface area (Å²) in [5.74, 6) is -0.274. The molecule has 0 N–H and O–H groups in total. The number of rotatable bonds is 2. The van der Waals surface area contributed by atoms with Crippen molar-refractivity contribution in [1.29, 1.82) is 0 Å². The molecule has 2 bridgehead atoms. The second kappa shape index (κ2) is 4.98. The van der Waals surface area contributed by atoms with Gasteiger partial charge in [-0.05, 0) is 33.4 Å². The van der Waals surface area contributed by atoms with Crippen molar-refractivity contribution >= 4 is 11.4 Å². The Morgan fingerprint density at radius 1 is 0.577 bits per heavy atom. The maximum atomic E-state index is 11.2. The third kappa shape index (κ3) is 1.81. The van der Waals surface area contributed by atoms with E-state index < -0.39 is 0 Å². The monoisotopic (exact) mass is 344 g/mol. The lowest BCUT2D eigenvalue weighted by Crippen LogP contribution is -2.27. The molecule has 0 spiro atoms. The molecular formula is C20H12N2O4. The summed E-state index contributed by atoms with van der Waals surface area (Å²) in [6, 6.07) is 17.9. The van der Waals surface area contributed by atoms with Crippen LogP contribution in [0.2, 0.25) is 0 Å². The van der Waals surface area contributed by atoms with Crippen molar-refractivity contribution in [1.82, 2.24) is 0 Å². The number of hydrogen-bond donors (Lipinski definition) is 0. The molecule has 0 saturated carbocycles. The standard InChI is InChI=1S/C20H12N2O4/c23-21(24)11-6-8-16-17(9-11)19-13-3-1-2-4-14(13)20(16)18-10-12(22(25)26)5-7-15(18)19/h1-10,19-20H. The summed E-state index contributed by atoms with van der Waals surface area (Å²) < 4.78 is 0. The summed E-state index contributed by atoms with van der Waals surface area (Å²) >= 11 is 0. The number of benzene rings is 3. The minimum atomic E-state index is -0.384. The molecular weight excluding hydrogens is 332 g/mol. The highest BCUT2D eigenvalue weighted by Crippen LogP contribution is 2.56. The maximum absolute atomic E-state index is 11.2. The Morgan fingerprint density at radius 3 is 1.35 bits per heavy atom. The molecule has 6 rings (SSSR count). The van der Waals surface area contributed by atoms with Gasteiger partial charge in [-0.3, -0.25) is 20.2 Å². The van der Waals surface area contributed by atoms with E-state index in [1.807, 2.05) is 24.3 Å². The SMILES string of the molecule is O=[N+]([O-])c1ccc2c(c1)C1c3ccccc3C2c2cc([N+](=O)[O-])ccc21. The van der Waals surface area contributed by atoms with Gasteiger partial charge in [0.15, 0.2) is 0 Å². The predicted molar refractivity (Wildman–Crippen MR) is 94.5 cm³/mol. The van der Waals surface area contributed by atoms with Crippen molar-refractivity contribution in [3.8, 4) is 0 Å². The van der Waals surface area contributed by atoms with Gasteiger partial charge in [0.25, 0.3) is 11.4 Å². The minimum Gasteiger partial charge on any atom is -0.258 e. The average molecular weight is 344 g/mol. The van der Waals surface area contributed by atoms with Crippen LogP contribution in [-0.4, -0.2) is 9.85 Å². The van der Waals surface area contributed by atoms with E-state index in [2.05, 4.69) is 0 Å². The van der Waals surface area contributed by atoms with Gasteiger partial charge in [0.1, 0.15) is 0 Å². The third-order valence-electron chi connectivity index (χ3n) is 5.42. The fraction of sp³-hybridized carbons (Fsp3) is 0.100. The van der Waals surface area contributed by atoms with Gasteiger partial charge >= 0.3 is 0 Å². The Kier molecular flexibility index (Phi) is 2.83. The van der Waals surface area contributed by atoms with Crippen molar-refractivity contribution < 1.29 is 9.85 Å². The van der Waals surface area contributed by atoms with Crippen LogP contribution in [-0.2, 0) is 0 Å². The Morgan fingerprint density at radius 2 is 0.962 bits per heavy atom. The first kappa shape index (κ1) is 14.8. The average Bonchev–Trinajstić information content (AvgIpc) is 2.66. The summed E-state index contributed by atoms with van der Waals surface area (Å²) in [7, 11) is 0. The second-order valence-corrected chi connectivity index (χ2v) is 6.64. The Balaban J connectivity index is 1.83. The third-order valence-corrected chi connectivity index (χ3v) is 5.42. The van der Waals surface area contributed by atoms with Gasteiger partial charge in [-0.2, -0.15) is 0 Å². The van der Waals surface area contributed by atoms with Crippen molar-refractivity contribution in [3.05, 3.63) is 114 Å². The zero-order chi connectivity index (χ0) is 18.0. The van der Waals surface area contributed by atoms with Crippen molar-refractivity contribution in [2.24, 2.45) is 0 Å². The molecule has 2 atom stereocenters. The van der Waals surface area contributed by atoms with Crippen LogP contribution in [0.5, 0.6) is 0 Å². The molecule has 3 aromatic carbocycles. The molecule has 3 aliphatic rings. The molecule has 6 heteroatoms. The lowest BCUT2D eigenvalue weighted by molar-refractivity contribution is -0.385. The van der Waals surface area contributed by atoms with Crippen molar-refractivity contribution in [2.45, 2.75) is 11.8 Å². The lowest BCUT2D eigenvalue weighted by atomic mass is 9.61. The summed E-state index contributed by atoms with van der Waals surface area (Å²) in [6.07, 6.45) is 0. The first-order valence-corrected chi connectivity index (χ1v) is 8.21. The number of non-ortho nitro benzene ring substituents is 2. The zero-order valence-electron chi connectivity index (χ0n) is 13.5. The summed E-state index contributed by atoms with van der Waals surface area (Å²) in [4.78, 5) is 21.7. The molecule has 3 aromatic rings.